The molecule has 33 heavy (non-hydrogen) atoms. The number of hydrogen-bond donors (Lipinski definition) is 1. The number of benzene rings is 1. The zero-order valence-electron chi connectivity index (χ0n) is 21.1. The average molecular weight is 488 g/mol. The topological polar surface area (TPSA) is 109 Å². The number of rotatable bonds is 9. The number of nitrogens with one attached hydrogen (secondary N) is 1. The smallest absolute Gasteiger partial charge is 0.459 e. The van der Waals surface area contributed by atoms with Gasteiger partial charge in [0.15, 0.2) is 6.04 Å². The van der Waals surface area contributed by atoms with Crippen molar-refractivity contribution in [2.24, 2.45) is 0 Å². The van der Waals surface area contributed by atoms with Crippen LogP contribution in [0.4, 0.5) is 4.79 Å². The summed E-state index contributed by atoms with van der Waals surface area (Å²) >= 11 is 0. The average Bonchev–Trinajstić information content (AvgIpc) is 2.59. The summed E-state index contributed by atoms with van der Waals surface area (Å²) in [5, 5.41) is 2.41. The molecular weight excluding hydrogens is 449 g/mol. The van der Waals surface area contributed by atoms with E-state index in [0.29, 0.717) is 0 Å². The first-order valence-corrected chi connectivity index (χ1v) is 12.2. The molecule has 0 aliphatic rings. The van der Waals surface area contributed by atoms with E-state index in [-0.39, 0.29) is 6.61 Å². The van der Waals surface area contributed by atoms with Gasteiger partial charge in [-0.25, -0.2) is 14.2 Å². The number of amides is 1. The summed E-state index contributed by atoms with van der Waals surface area (Å²) in [6.07, 6.45) is -0.851. The zero-order valence-corrected chi connectivity index (χ0v) is 22.0. The highest BCUT2D eigenvalue weighted by molar-refractivity contribution is 7.48. The number of carbonyl (C=O) groups excluding carboxylic acids is 2. The van der Waals surface area contributed by atoms with E-state index >= 15 is 0 Å². The summed E-state index contributed by atoms with van der Waals surface area (Å²) in [6, 6.07) is 7.74. The second kappa shape index (κ2) is 11.5. The summed E-state index contributed by atoms with van der Waals surface area (Å²) < 4.78 is 40.5. The van der Waals surface area contributed by atoms with E-state index in [0.717, 1.165) is 5.56 Å². The third kappa shape index (κ3) is 13.4. The van der Waals surface area contributed by atoms with Crippen molar-refractivity contribution in [3.63, 3.8) is 0 Å². The third-order valence-corrected chi connectivity index (χ3v) is 5.38. The Morgan fingerprint density at radius 2 is 1.39 bits per heavy atom. The van der Waals surface area contributed by atoms with Crippen LogP contribution in [-0.2, 0) is 39.0 Å². The predicted octanol–water partition coefficient (Wildman–Crippen LogP) is 5.38. The monoisotopic (exact) mass is 487 g/mol. The Morgan fingerprint density at radius 1 is 0.879 bits per heavy atom. The van der Waals surface area contributed by atoms with Gasteiger partial charge in [0.2, 0.25) is 0 Å². The Kier molecular flexibility index (Phi) is 10.1. The molecule has 0 aliphatic carbocycles. The maximum Gasteiger partial charge on any atom is 0.475 e. The Bertz CT molecular complexity index is 802. The van der Waals surface area contributed by atoms with Gasteiger partial charge in [0.05, 0.1) is 17.8 Å². The Labute approximate surface area is 197 Å². The molecule has 1 rings (SSSR count). The molecule has 188 valence electrons. The normalized spacial score (nSPS) is 13.8. The van der Waals surface area contributed by atoms with Crippen LogP contribution in [0.5, 0.6) is 0 Å². The van der Waals surface area contributed by atoms with Crippen LogP contribution in [0.2, 0.25) is 0 Å². The summed E-state index contributed by atoms with van der Waals surface area (Å²) in [4.78, 5) is 25.1. The molecule has 0 radical (unpaired) electrons. The molecule has 0 spiro atoms. The van der Waals surface area contributed by atoms with Gasteiger partial charge in [-0.15, -0.1) is 0 Å². The quantitative estimate of drug-likeness (QED) is 0.365. The Hall–Kier alpha value is -1.93. The molecule has 10 heteroatoms. The lowest BCUT2D eigenvalue weighted by Crippen LogP contribution is -2.46. The van der Waals surface area contributed by atoms with Gasteiger partial charge in [-0.3, -0.25) is 13.6 Å². The van der Waals surface area contributed by atoms with Crippen molar-refractivity contribution in [2.75, 3.05) is 6.61 Å². The zero-order chi connectivity index (χ0) is 25.5. The van der Waals surface area contributed by atoms with Crippen LogP contribution in [0.1, 0.15) is 67.9 Å². The minimum atomic E-state index is -4.12. The van der Waals surface area contributed by atoms with Gasteiger partial charge >= 0.3 is 19.9 Å². The summed E-state index contributed by atoms with van der Waals surface area (Å²) in [6.45, 7) is 14.7. The maximum absolute atomic E-state index is 13.3. The van der Waals surface area contributed by atoms with Crippen LogP contribution >= 0.6 is 7.82 Å². The molecule has 1 atom stereocenters. The second-order valence-electron chi connectivity index (χ2n) is 10.4. The molecule has 9 nitrogen and oxygen atoms in total. The number of phosphoric acid groups is 1. The van der Waals surface area contributed by atoms with Gasteiger partial charge in [-0.05, 0) is 67.9 Å². The fraction of sp³-hybridized carbons (Fsp3) is 0.652. The predicted molar refractivity (Wildman–Crippen MR) is 125 cm³/mol. The van der Waals surface area contributed by atoms with E-state index in [2.05, 4.69) is 5.32 Å². The molecular formula is C23H38NO8P. The van der Waals surface area contributed by atoms with Crippen molar-refractivity contribution < 1.29 is 37.2 Å². The van der Waals surface area contributed by atoms with E-state index in [1.54, 1.807) is 74.4 Å². The highest BCUT2D eigenvalue weighted by Gasteiger charge is 2.39. The molecule has 1 N–H and O–H groups in total. The van der Waals surface area contributed by atoms with Crippen molar-refractivity contribution >= 4 is 19.9 Å². The number of esters is 1. The van der Waals surface area contributed by atoms with Crippen molar-refractivity contribution in [3.05, 3.63) is 35.9 Å². The minimum absolute atomic E-state index is 0.0131. The first kappa shape index (κ1) is 29.1. The van der Waals surface area contributed by atoms with Gasteiger partial charge < -0.3 is 14.8 Å². The molecule has 1 aromatic carbocycles. The number of phosphoric ester groups is 1. The van der Waals surface area contributed by atoms with Gasteiger partial charge in [0.1, 0.15) is 12.2 Å². The third-order valence-electron chi connectivity index (χ3n) is 3.37. The van der Waals surface area contributed by atoms with Gasteiger partial charge in [-0.2, -0.15) is 0 Å². The van der Waals surface area contributed by atoms with Crippen LogP contribution in [0.15, 0.2) is 30.3 Å². The maximum atomic E-state index is 13.3. The van der Waals surface area contributed by atoms with E-state index in [1.165, 1.54) is 0 Å². The lowest BCUT2D eigenvalue weighted by molar-refractivity contribution is -0.148. The first-order chi connectivity index (χ1) is 14.9. The molecule has 0 unspecified atom stereocenters. The van der Waals surface area contributed by atoms with Crippen LogP contribution in [0, 0.1) is 0 Å². The summed E-state index contributed by atoms with van der Waals surface area (Å²) in [7, 11) is -4.12. The molecule has 0 heterocycles. The SMILES string of the molecule is CC(C)(C)OC(=O)N[C@H](COP(=O)(OC(C)(C)C)OC(C)(C)C)C(=O)OCc1ccccc1. The Balaban J connectivity index is 3.00. The van der Waals surface area contributed by atoms with Crippen molar-refractivity contribution in [3.8, 4) is 0 Å². The highest BCUT2D eigenvalue weighted by atomic mass is 31.2. The number of ether oxygens (including phenoxy) is 2. The van der Waals surface area contributed by atoms with Crippen molar-refractivity contribution in [1.82, 2.24) is 5.32 Å². The van der Waals surface area contributed by atoms with E-state index in [1.807, 2.05) is 18.2 Å². The number of alkyl carbamates (subject to hydrolysis) is 1. The van der Waals surface area contributed by atoms with Crippen LogP contribution in [0.25, 0.3) is 0 Å². The van der Waals surface area contributed by atoms with Crippen LogP contribution in [0.3, 0.4) is 0 Å². The van der Waals surface area contributed by atoms with Crippen LogP contribution < -0.4 is 5.32 Å². The molecule has 0 saturated heterocycles. The van der Waals surface area contributed by atoms with E-state index in [9.17, 15) is 14.2 Å². The lowest BCUT2D eigenvalue weighted by Gasteiger charge is -2.31. The van der Waals surface area contributed by atoms with Gasteiger partial charge in [0, 0.05) is 0 Å². The van der Waals surface area contributed by atoms with Crippen molar-refractivity contribution in [2.45, 2.75) is 91.8 Å². The van der Waals surface area contributed by atoms with Gasteiger partial charge in [0.25, 0.3) is 0 Å². The molecule has 1 aromatic rings. The Morgan fingerprint density at radius 3 is 1.85 bits per heavy atom. The van der Waals surface area contributed by atoms with E-state index in [4.69, 9.17) is 23.0 Å². The second-order valence-corrected chi connectivity index (χ2v) is 12.0. The molecule has 0 aliphatic heterocycles. The summed E-state index contributed by atoms with van der Waals surface area (Å²) in [5.74, 6) is -0.789. The first-order valence-electron chi connectivity index (χ1n) is 10.7. The minimum Gasteiger partial charge on any atom is -0.459 e. The largest absolute Gasteiger partial charge is 0.475 e. The standard InChI is InChI=1S/C23H38NO8P/c1-21(2,3)30-20(26)24-18(19(25)28-15-17-13-11-10-12-14-17)16-29-33(27,31-22(4,5)6)32-23(7,8)9/h10-14,18H,15-16H2,1-9H3,(H,24,26)/t18-/m1/s1. The molecule has 0 aromatic heterocycles. The summed E-state index contributed by atoms with van der Waals surface area (Å²) in [5.41, 5.74) is -1.74. The molecule has 1 amide bonds. The van der Waals surface area contributed by atoms with Crippen LogP contribution in [-0.4, -0.2) is 41.5 Å². The van der Waals surface area contributed by atoms with Gasteiger partial charge in [-0.1, -0.05) is 30.3 Å². The van der Waals surface area contributed by atoms with Crippen molar-refractivity contribution in [1.29, 1.82) is 0 Å². The van der Waals surface area contributed by atoms with E-state index < -0.39 is 49.3 Å². The lowest BCUT2D eigenvalue weighted by atomic mass is 10.2. The molecule has 0 bridgehead atoms. The number of carbonyl (C=O) groups is 2. The fourth-order valence-corrected chi connectivity index (χ4v) is 4.17. The fourth-order valence-electron chi connectivity index (χ4n) is 2.36. The highest BCUT2D eigenvalue weighted by Crippen LogP contribution is 2.55. The molecule has 0 saturated carbocycles. The molecule has 0 fully saturated rings. The number of hydrogen-bond acceptors (Lipinski definition) is 8.